The van der Waals surface area contributed by atoms with Gasteiger partial charge in [0.1, 0.15) is 11.4 Å². The molecule has 1 aliphatic rings. The van der Waals surface area contributed by atoms with Gasteiger partial charge < -0.3 is 20.3 Å². The van der Waals surface area contributed by atoms with E-state index in [0.717, 1.165) is 3.57 Å². The van der Waals surface area contributed by atoms with Crippen molar-refractivity contribution in [2.45, 2.75) is 39.2 Å². The maximum atomic E-state index is 12.9. The van der Waals surface area contributed by atoms with Crippen LogP contribution in [0.15, 0.2) is 36.5 Å². The molecule has 3 rings (SSSR count). The zero-order valence-corrected chi connectivity index (χ0v) is 21.6. The predicted molar refractivity (Wildman–Crippen MR) is 136 cm³/mol. The molecule has 1 aromatic heterocycles. The van der Waals surface area contributed by atoms with Crippen molar-refractivity contribution in [2.24, 2.45) is 5.92 Å². The van der Waals surface area contributed by atoms with E-state index < -0.39 is 11.5 Å². The molecule has 1 saturated heterocycles. The number of ether oxygens (including phenoxy) is 1. The molecule has 1 fully saturated rings. The third-order valence-corrected chi connectivity index (χ3v) is 5.87. The SMILES string of the molecule is CC(C)(C)OC(=O)N1CCC(C(=O)Nc2ccc(I)cc2C(=O)Nc2ccc(Cl)cn2)CC1. The second-order valence-electron chi connectivity index (χ2n) is 8.74. The number of hydrogen-bond donors (Lipinski definition) is 2. The van der Waals surface area contributed by atoms with Crippen LogP contribution in [0.25, 0.3) is 0 Å². The van der Waals surface area contributed by atoms with Gasteiger partial charge in [-0.1, -0.05) is 11.6 Å². The minimum Gasteiger partial charge on any atom is -0.444 e. The van der Waals surface area contributed by atoms with Gasteiger partial charge in [-0.2, -0.15) is 0 Å². The van der Waals surface area contributed by atoms with Crippen LogP contribution >= 0.6 is 34.2 Å². The number of amides is 3. The number of carbonyl (C=O) groups excluding carboxylic acids is 3. The molecule has 0 saturated carbocycles. The van der Waals surface area contributed by atoms with Crippen molar-refractivity contribution in [3.05, 3.63) is 50.7 Å². The number of piperidine rings is 1. The van der Waals surface area contributed by atoms with Gasteiger partial charge in [-0.3, -0.25) is 9.59 Å². The van der Waals surface area contributed by atoms with E-state index in [4.69, 9.17) is 16.3 Å². The van der Waals surface area contributed by atoms with Gasteiger partial charge in [-0.05, 0) is 86.5 Å². The molecule has 1 aromatic carbocycles. The van der Waals surface area contributed by atoms with Crippen molar-refractivity contribution in [2.75, 3.05) is 23.7 Å². The first-order valence-corrected chi connectivity index (χ1v) is 12.0. The summed E-state index contributed by atoms with van der Waals surface area (Å²) in [7, 11) is 0. The van der Waals surface area contributed by atoms with E-state index in [-0.39, 0.29) is 17.9 Å². The van der Waals surface area contributed by atoms with Crippen molar-refractivity contribution in [1.29, 1.82) is 0 Å². The molecule has 33 heavy (non-hydrogen) atoms. The van der Waals surface area contributed by atoms with Crippen LogP contribution in [0.5, 0.6) is 0 Å². The molecule has 2 heterocycles. The quantitative estimate of drug-likeness (QED) is 0.483. The van der Waals surface area contributed by atoms with Gasteiger partial charge >= 0.3 is 6.09 Å². The van der Waals surface area contributed by atoms with Gasteiger partial charge in [0, 0.05) is 28.8 Å². The van der Waals surface area contributed by atoms with Crippen LogP contribution in [0, 0.1) is 9.49 Å². The number of benzene rings is 1. The Kier molecular flexibility index (Phi) is 8.17. The molecule has 0 unspecified atom stereocenters. The van der Waals surface area contributed by atoms with Crippen LogP contribution < -0.4 is 10.6 Å². The van der Waals surface area contributed by atoms with Gasteiger partial charge in [0.25, 0.3) is 5.91 Å². The van der Waals surface area contributed by atoms with Crippen molar-refractivity contribution in [3.8, 4) is 0 Å². The number of pyridine rings is 1. The van der Waals surface area contributed by atoms with Crippen LogP contribution in [0.2, 0.25) is 5.02 Å². The first kappa shape index (κ1) is 25.2. The standard InChI is InChI=1S/C23H26ClIN4O4/c1-23(2,3)33-22(32)29-10-8-14(9-11-29)20(30)27-18-6-5-16(25)12-17(18)21(31)28-19-7-4-15(24)13-26-19/h4-7,12-14H,8-11H2,1-3H3,(H,27,30)(H,26,28,31). The number of nitrogens with zero attached hydrogens (tertiary/aromatic N) is 2. The molecule has 176 valence electrons. The Morgan fingerprint density at radius 1 is 1.12 bits per heavy atom. The van der Waals surface area contributed by atoms with Gasteiger partial charge in [-0.25, -0.2) is 9.78 Å². The highest BCUT2D eigenvalue weighted by molar-refractivity contribution is 14.1. The highest BCUT2D eigenvalue weighted by atomic mass is 127. The number of anilines is 2. The molecule has 0 atom stereocenters. The smallest absolute Gasteiger partial charge is 0.410 e. The molecular formula is C23H26ClIN4O4. The molecular weight excluding hydrogens is 559 g/mol. The first-order valence-electron chi connectivity index (χ1n) is 10.5. The van der Waals surface area contributed by atoms with Crippen LogP contribution in [-0.2, 0) is 9.53 Å². The summed E-state index contributed by atoms with van der Waals surface area (Å²) in [6.07, 6.45) is 2.11. The number of hydrogen-bond acceptors (Lipinski definition) is 5. The average molecular weight is 585 g/mol. The fourth-order valence-electron chi connectivity index (χ4n) is 3.33. The minimum atomic E-state index is -0.561. The summed E-state index contributed by atoms with van der Waals surface area (Å²) in [5, 5.41) is 6.07. The first-order chi connectivity index (χ1) is 15.5. The van der Waals surface area contributed by atoms with Crippen molar-refractivity contribution in [1.82, 2.24) is 9.88 Å². The minimum absolute atomic E-state index is 0.182. The van der Waals surface area contributed by atoms with Gasteiger partial charge in [0.05, 0.1) is 16.3 Å². The molecule has 10 heteroatoms. The van der Waals surface area contributed by atoms with Gasteiger partial charge in [0.15, 0.2) is 0 Å². The summed E-state index contributed by atoms with van der Waals surface area (Å²) in [6, 6.07) is 8.46. The van der Waals surface area contributed by atoms with E-state index in [1.165, 1.54) is 6.20 Å². The summed E-state index contributed by atoms with van der Waals surface area (Å²) in [5.74, 6) is -0.482. The number of likely N-dealkylation sites (tertiary alicyclic amines) is 1. The molecule has 0 spiro atoms. The lowest BCUT2D eigenvalue weighted by atomic mass is 9.96. The Hall–Kier alpha value is -2.40. The molecule has 2 N–H and O–H groups in total. The highest BCUT2D eigenvalue weighted by Crippen LogP contribution is 2.25. The van der Waals surface area contributed by atoms with E-state index in [1.807, 2.05) is 26.8 Å². The largest absolute Gasteiger partial charge is 0.444 e. The summed E-state index contributed by atoms with van der Waals surface area (Å²) >= 11 is 7.95. The summed E-state index contributed by atoms with van der Waals surface area (Å²) < 4.78 is 6.26. The molecule has 0 radical (unpaired) electrons. The van der Waals surface area contributed by atoms with E-state index in [2.05, 4.69) is 38.2 Å². The van der Waals surface area contributed by atoms with Crippen molar-refractivity contribution in [3.63, 3.8) is 0 Å². The number of rotatable bonds is 4. The molecule has 3 amide bonds. The second-order valence-corrected chi connectivity index (χ2v) is 10.4. The van der Waals surface area contributed by atoms with E-state index in [1.54, 1.807) is 29.2 Å². The van der Waals surface area contributed by atoms with Crippen molar-refractivity contribution < 1.29 is 19.1 Å². The lowest BCUT2D eigenvalue weighted by molar-refractivity contribution is -0.121. The zero-order valence-electron chi connectivity index (χ0n) is 18.7. The summed E-state index contributed by atoms with van der Waals surface area (Å²) in [6.45, 7) is 6.35. The fraction of sp³-hybridized carbons (Fsp3) is 0.391. The Balaban J connectivity index is 1.64. The van der Waals surface area contributed by atoms with E-state index in [0.29, 0.717) is 48.0 Å². The normalized spacial score (nSPS) is 14.5. The number of carbonyl (C=O) groups is 3. The average Bonchev–Trinajstić information content (AvgIpc) is 2.75. The Morgan fingerprint density at radius 2 is 1.82 bits per heavy atom. The van der Waals surface area contributed by atoms with Crippen molar-refractivity contribution >= 4 is 63.6 Å². The Morgan fingerprint density at radius 3 is 2.42 bits per heavy atom. The molecule has 0 bridgehead atoms. The van der Waals surface area contributed by atoms with Crippen LogP contribution in [-0.4, -0.2) is 46.5 Å². The summed E-state index contributed by atoms with van der Waals surface area (Å²) in [4.78, 5) is 43.7. The molecule has 1 aliphatic heterocycles. The third kappa shape index (κ3) is 7.29. The number of nitrogens with one attached hydrogen (secondary N) is 2. The number of aromatic nitrogens is 1. The van der Waals surface area contributed by atoms with Crippen LogP contribution in [0.4, 0.5) is 16.3 Å². The molecule has 0 aliphatic carbocycles. The lowest BCUT2D eigenvalue weighted by Gasteiger charge is -2.33. The molecule has 8 nitrogen and oxygen atoms in total. The second kappa shape index (κ2) is 10.7. The van der Waals surface area contributed by atoms with E-state index >= 15 is 0 Å². The predicted octanol–water partition coefficient (Wildman–Crippen LogP) is 5.18. The fourth-order valence-corrected chi connectivity index (χ4v) is 3.94. The maximum Gasteiger partial charge on any atom is 0.410 e. The number of halogens is 2. The maximum absolute atomic E-state index is 12.9. The Bertz CT molecular complexity index is 1030. The molecule has 2 aromatic rings. The third-order valence-electron chi connectivity index (χ3n) is 4.97. The van der Waals surface area contributed by atoms with E-state index in [9.17, 15) is 14.4 Å². The van der Waals surface area contributed by atoms with Crippen LogP contribution in [0.3, 0.4) is 0 Å². The summed E-state index contributed by atoms with van der Waals surface area (Å²) in [5.41, 5.74) is 0.189. The zero-order chi connectivity index (χ0) is 24.2. The topological polar surface area (TPSA) is 101 Å². The monoisotopic (exact) mass is 584 g/mol. The highest BCUT2D eigenvalue weighted by Gasteiger charge is 2.30. The van der Waals surface area contributed by atoms with Gasteiger partial charge in [-0.15, -0.1) is 0 Å². The Labute approximate surface area is 211 Å². The van der Waals surface area contributed by atoms with Crippen LogP contribution in [0.1, 0.15) is 44.0 Å². The lowest BCUT2D eigenvalue weighted by Crippen LogP contribution is -2.43. The van der Waals surface area contributed by atoms with Gasteiger partial charge in [0.2, 0.25) is 5.91 Å².